The summed E-state index contributed by atoms with van der Waals surface area (Å²) in [7, 11) is 0. The quantitative estimate of drug-likeness (QED) is 0.806. The number of aromatic nitrogens is 1. The van der Waals surface area contributed by atoms with E-state index in [4.69, 9.17) is 4.74 Å². The summed E-state index contributed by atoms with van der Waals surface area (Å²) in [5, 5.41) is 0.589. The van der Waals surface area contributed by atoms with Crippen molar-refractivity contribution in [3.8, 4) is 0 Å². The van der Waals surface area contributed by atoms with Gasteiger partial charge in [0.25, 0.3) is 0 Å². The first-order chi connectivity index (χ1) is 9.25. The molecule has 0 N–H and O–H groups in total. The van der Waals surface area contributed by atoms with Crippen LogP contribution < -0.4 is 0 Å². The van der Waals surface area contributed by atoms with Crippen LogP contribution in [0.15, 0.2) is 30.3 Å². The van der Waals surface area contributed by atoms with E-state index in [0.29, 0.717) is 16.5 Å². The second-order valence-electron chi connectivity index (χ2n) is 4.72. The van der Waals surface area contributed by atoms with Crippen molar-refractivity contribution in [2.45, 2.75) is 19.3 Å². The van der Waals surface area contributed by atoms with E-state index in [1.165, 1.54) is 11.3 Å². The predicted octanol–water partition coefficient (Wildman–Crippen LogP) is 3.19. The van der Waals surface area contributed by atoms with Crippen LogP contribution in [-0.4, -0.2) is 24.0 Å². The number of thiazole rings is 1. The SMILES string of the molecule is Cc1sc(C(=O)c2ccccc2)nc1C1CCOC1. The van der Waals surface area contributed by atoms with E-state index in [1.54, 1.807) is 0 Å². The van der Waals surface area contributed by atoms with E-state index in [2.05, 4.69) is 4.98 Å². The first kappa shape index (κ1) is 12.5. The number of hydrogen-bond donors (Lipinski definition) is 0. The van der Waals surface area contributed by atoms with Gasteiger partial charge in [-0.15, -0.1) is 11.3 Å². The van der Waals surface area contributed by atoms with Crippen LogP contribution in [0.2, 0.25) is 0 Å². The number of aryl methyl sites for hydroxylation is 1. The van der Waals surface area contributed by atoms with Crippen LogP contribution in [0, 0.1) is 6.92 Å². The molecule has 1 fully saturated rings. The Morgan fingerprint density at radius 3 is 2.84 bits per heavy atom. The summed E-state index contributed by atoms with van der Waals surface area (Å²) in [6.07, 6.45) is 1.00. The summed E-state index contributed by atoms with van der Waals surface area (Å²) in [6, 6.07) is 9.32. The third kappa shape index (κ3) is 2.46. The average Bonchev–Trinajstić information content (AvgIpc) is 3.08. The van der Waals surface area contributed by atoms with E-state index in [1.807, 2.05) is 37.3 Å². The smallest absolute Gasteiger partial charge is 0.221 e. The molecule has 2 aromatic rings. The zero-order valence-electron chi connectivity index (χ0n) is 10.8. The van der Waals surface area contributed by atoms with Crippen molar-refractivity contribution in [2.75, 3.05) is 13.2 Å². The van der Waals surface area contributed by atoms with Gasteiger partial charge in [0.2, 0.25) is 5.78 Å². The second kappa shape index (κ2) is 5.23. The van der Waals surface area contributed by atoms with Crippen molar-refractivity contribution in [1.29, 1.82) is 0 Å². The second-order valence-corrected chi connectivity index (χ2v) is 5.92. The molecule has 1 unspecified atom stereocenters. The van der Waals surface area contributed by atoms with Gasteiger partial charge in [-0.2, -0.15) is 0 Å². The molecular weight excluding hydrogens is 258 g/mol. The summed E-state index contributed by atoms with van der Waals surface area (Å²) >= 11 is 1.49. The molecule has 4 heteroatoms. The Morgan fingerprint density at radius 1 is 1.37 bits per heavy atom. The van der Waals surface area contributed by atoms with Crippen LogP contribution in [0.4, 0.5) is 0 Å². The molecule has 1 aliphatic heterocycles. The topological polar surface area (TPSA) is 39.2 Å². The van der Waals surface area contributed by atoms with Crippen molar-refractivity contribution in [2.24, 2.45) is 0 Å². The number of ketones is 1. The number of carbonyl (C=O) groups is 1. The Bertz CT molecular complexity index is 585. The standard InChI is InChI=1S/C15H15NO2S/c1-10-13(12-7-8-18-9-12)16-15(19-10)14(17)11-5-3-2-4-6-11/h2-6,12H,7-9H2,1H3. The zero-order valence-corrected chi connectivity index (χ0v) is 11.6. The predicted molar refractivity (Wildman–Crippen MR) is 74.9 cm³/mol. The zero-order chi connectivity index (χ0) is 13.2. The van der Waals surface area contributed by atoms with Gasteiger partial charge in [-0.3, -0.25) is 4.79 Å². The molecule has 3 rings (SSSR count). The number of ether oxygens (including phenoxy) is 1. The Kier molecular flexibility index (Phi) is 3.44. The van der Waals surface area contributed by atoms with Gasteiger partial charge in [0.15, 0.2) is 5.01 Å². The first-order valence-electron chi connectivity index (χ1n) is 6.40. The van der Waals surface area contributed by atoms with E-state index in [0.717, 1.165) is 30.2 Å². The maximum absolute atomic E-state index is 12.3. The van der Waals surface area contributed by atoms with Gasteiger partial charge in [-0.05, 0) is 13.3 Å². The van der Waals surface area contributed by atoms with Crippen molar-refractivity contribution < 1.29 is 9.53 Å². The molecule has 1 aliphatic rings. The van der Waals surface area contributed by atoms with Gasteiger partial charge in [-0.1, -0.05) is 30.3 Å². The fourth-order valence-electron chi connectivity index (χ4n) is 2.35. The lowest BCUT2D eigenvalue weighted by Crippen LogP contribution is -2.03. The molecule has 0 amide bonds. The molecule has 1 atom stereocenters. The molecule has 0 bridgehead atoms. The van der Waals surface area contributed by atoms with Gasteiger partial charge >= 0.3 is 0 Å². The monoisotopic (exact) mass is 273 g/mol. The highest BCUT2D eigenvalue weighted by Crippen LogP contribution is 2.31. The number of benzene rings is 1. The third-order valence-corrected chi connectivity index (χ3v) is 4.36. The molecular formula is C15H15NO2S. The van der Waals surface area contributed by atoms with Crippen molar-refractivity contribution in [1.82, 2.24) is 4.98 Å². The van der Waals surface area contributed by atoms with E-state index in [-0.39, 0.29) is 5.78 Å². The number of rotatable bonds is 3. The van der Waals surface area contributed by atoms with Crippen LogP contribution in [0.1, 0.15) is 38.3 Å². The highest BCUT2D eigenvalue weighted by Gasteiger charge is 2.25. The summed E-state index contributed by atoms with van der Waals surface area (Å²) < 4.78 is 5.40. The van der Waals surface area contributed by atoms with Crippen LogP contribution in [0.3, 0.4) is 0 Å². The molecule has 3 nitrogen and oxygen atoms in total. The van der Waals surface area contributed by atoms with E-state index >= 15 is 0 Å². The average molecular weight is 273 g/mol. The fraction of sp³-hybridized carbons (Fsp3) is 0.333. The third-order valence-electron chi connectivity index (χ3n) is 3.38. The minimum Gasteiger partial charge on any atom is -0.381 e. The lowest BCUT2D eigenvalue weighted by atomic mass is 10.0. The van der Waals surface area contributed by atoms with Crippen molar-refractivity contribution in [3.63, 3.8) is 0 Å². The summed E-state index contributed by atoms with van der Waals surface area (Å²) in [4.78, 5) is 18.0. The number of carbonyl (C=O) groups excluding carboxylic acids is 1. The number of nitrogens with zero attached hydrogens (tertiary/aromatic N) is 1. The summed E-state index contributed by atoms with van der Waals surface area (Å²) in [5.74, 6) is 0.368. The molecule has 98 valence electrons. The van der Waals surface area contributed by atoms with Crippen molar-refractivity contribution >= 4 is 17.1 Å². The van der Waals surface area contributed by atoms with E-state index < -0.39 is 0 Å². The molecule has 0 aliphatic carbocycles. The molecule has 0 spiro atoms. The number of hydrogen-bond acceptors (Lipinski definition) is 4. The largest absolute Gasteiger partial charge is 0.381 e. The first-order valence-corrected chi connectivity index (χ1v) is 7.22. The van der Waals surface area contributed by atoms with Gasteiger partial charge in [0.05, 0.1) is 12.3 Å². The Morgan fingerprint density at radius 2 is 2.16 bits per heavy atom. The van der Waals surface area contributed by atoms with Crippen LogP contribution in [0.25, 0.3) is 0 Å². The minimum atomic E-state index is 0.0128. The Hall–Kier alpha value is -1.52. The van der Waals surface area contributed by atoms with Crippen LogP contribution in [-0.2, 0) is 4.74 Å². The Labute approximate surface area is 116 Å². The van der Waals surface area contributed by atoms with Crippen molar-refractivity contribution in [3.05, 3.63) is 51.5 Å². The maximum Gasteiger partial charge on any atom is 0.221 e. The van der Waals surface area contributed by atoms with Gasteiger partial charge in [-0.25, -0.2) is 4.98 Å². The molecule has 0 radical (unpaired) electrons. The van der Waals surface area contributed by atoms with Crippen LogP contribution in [0.5, 0.6) is 0 Å². The highest BCUT2D eigenvalue weighted by molar-refractivity contribution is 7.13. The lowest BCUT2D eigenvalue weighted by molar-refractivity contribution is 0.103. The lowest BCUT2D eigenvalue weighted by Gasteiger charge is -2.03. The molecule has 1 saturated heterocycles. The molecule has 1 aromatic heterocycles. The molecule has 2 heterocycles. The maximum atomic E-state index is 12.3. The fourth-order valence-corrected chi connectivity index (χ4v) is 3.31. The molecule has 1 aromatic carbocycles. The van der Waals surface area contributed by atoms with Crippen LogP contribution >= 0.6 is 11.3 Å². The highest BCUT2D eigenvalue weighted by atomic mass is 32.1. The minimum absolute atomic E-state index is 0.0128. The van der Waals surface area contributed by atoms with Gasteiger partial charge < -0.3 is 4.74 Å². The van der Waals surface area contributed by atoms with Gasteiger partial charge in [0.1, 0.15) is 0 Å². The molecule has 19 heavy (non-hydrogen) atoms. The Balaban J connectivity index is 1.90. The summed E-state index contributed by atoms with van der Waals surface area (Å²) in [6.45, 7) is 3.56. The van der Waals surface area contributed by atoms with E-state index in [9.17, 15) is 4.79 Å². The van der Waals surface area contributed by atoms with Gasteiger partial charge in [0, 0.05) is 23.0 Å². The summed E-state index contributed by atoms with van der Waals surface area (Å²) in [5.41, 5.74) is 1.74. The molecule has 0 saturated carbocycles. The normalized spacial score (nSPS) is 18.7.